The van der Waals surface area contributed by atoms with Gasteiger partial charge in [-0.2, -0.15) is 5.26 Å². The fraction of sp³-hybridized carbons (Fsp3) is 0.444. The van der Waals surface area contributed by atoms with Crippen molar-refractivity contribution in [3.63, 3.8) is 0 Å². The molecule has 7 nitrogen and oxygen atoms in total. The molecule has 0 bridgehead atoms. The molecule has 0 spiro atoms. The summed E-state index contributed by atoms with van der Waals surface area (Å²) in [5, 5.41) is 20.7. The number of amides is 1. The van der Waals surface area contributed by atoms with E-state index in [1.54, 1.807) is 6.33 Å². The van der Waals surface area contributed by atoms with E-state index >= 15 is 0 Å². The van der Waals surface area contributed by atoms with Gasteiger partial charge in [0.15, 0.2) is 0 Å². The Hall–Kier alpha value is -3.24. The number of anilines is 1. The summed E-state index contributed by atoms with van der Waals surface area (Å²) in [6.45, 7) is 4.33. The Balaban J connectivity index is 1.45. The first-order chi connectivity index (χ1) is 16.8. The molecule has 8 heteroatoms. The van der Waals surface area contributed by atoms with Crippen molar-refractivity contribution in [3.8, 4) is 6.07 Å². The molecular formula is C27H29ClN6O. The highest BCUT2D eigenvalue weighted by molar-refractivity contribution is 6.17. The maximum absolute atomic E-state index is 13.3. The minimum absolute atomic E-state index is 0.0704. The Morgan fingerprint density at radius 3 is 2.80 bits per heavy atom. The van der Waals surface area contributed by atoms with Crippen LogP contribution in [0, 0.1) is 17.2 Å². The van der Waals surface area contributed by atoms with E-state index in [9.17, 15) is 4.79 Å². The number of benzene rings is 1. The summed E-state index contributed by atoms with van der Waals surface area (Å²) in [6.07, 6.45) is 5.83. The lowest BCUT2D eigenvalue weighted by Crippen LogP contribution is -2.44. The molecule has 1 N–H and O–H groups in total. The molecular weight excluding hydrogens is 460 g/mol. The molecule has 3 aromatic rings. The molecule has 0 aliphatic heterocycles. The number of rotatable bonds is 6. The van der Waals surface area contributed by atoms with Gasteiger partial charge in [0.25, 0.3) is 5.91 Å². The number of nitrogens with zero attached hydrogens (tertiary/aromatic N) is 5. The summed E-state index contributed by atoms with van der Waals surface area (Å²) >= 11 is 6.24. The summed E-state index contributed by atoms with van der Waals surface area (Å²) in [5.41, 5.74) is 4.91. The molecule has 2 aromatic heterocycles. The molecule has 1 fully saturated rings. The Morgan fingerprint density at radius 1 is 1.31 bits per heavy atom. The second-order valence-electron chi connectivity index (χ2n) is 10.5. The number of aryl methyl sites for hydroxylation is 1. The van der Waals surface area contributed by atoms with Crippen LogP contribution in [0.2, 0.25) is 0 Å². The van der Waals surface area contributed by atoms with E-state index in [-0.39, 0.29) is 16.7 Å². The summed E-state index contributed by atoms with van der Waals surface area (Å²) in [5.74, 6) is 1.32. The summed E-state index contributed by atoms with van der Waals surface area (Å²) in [4.78, 5) is 18.0. The first-order valence-electron chi connectivity index (χ1n) is 12.0. The minimum Gasteiger partial charge on any atom is -0.321 e. The lowest BCUT2D eigenvalue weighted by atomic mass is 9.57. The van der Waals surface area contributed by atoms with E-state index in [1.807, 2.05) is 35.9 Å². The molecule has 180 valence electrons. The zero-order valence-electron chi connectivity index (χ0n) is 20.3. The SMILES string of the molecule is Cn1cnnc1C1(c2cccc(NC(=O)c3cc(CCl)c4c(n3)C(C)(C)CC4)c2)CC(CC#N)C1. The summed E-state index contributed by atoms with van der Waals surface area (Å²) < 4.78 is 1.94. The largest absolute Gasteiger partial charge is 0.321 e. The van der Waals surface area contributed by atoms with E-state index in [0.717, 1.165) is 48.3 Å². The molecule has 1 saturated carbocycles. The molecule has 35 heavy (non-hydrogen) atoms. The Kier molecular flexibility index (Phi) is 5.88. The van der Waals surface area contributed by atoms with Gasteiger partial charge in [0.1, 0.15) is 17.8 Å². The number of carbonyl (C=O) groups is 1. The van der Waals surface area contributed by atoms with Crippen LogP contribution in [0.1, 0.15) is 78.2 Å². The normalized spacial score (nSPS) is 22.2. The van der Waals surface area contributed by atoms with Crippen LogP contribution < -0.4 is 5.32 Å². The second kappa shape index (κ2) is 8.76. The molecule has 0 saturated heterocycles. The van der Waals surface area contributed by atoms with Gasteiger partial charge in [-0.25, -0.2) is 4.98 Å². The van der Waals surface area contributed by atoms with Gasteiger partial charge in [-0.3, -0.25) is 4.79 Å². The molecule has 5 rings (SSSR count). The predicted molar refractivity (Wildman–Crippen MR) is 134 cm³/mol. The second-order valence-corrected chi connectivity index (χ2v) is 10.8. The highest BCUT2D eigenvalue weighted by Crippen LogP contribution is 2.53. The number of hydrogen-bond acceptors (Lipinski definition) is 5. The number of fused-ring (bicyclic) bond motifs is 1. The molecule has 0 atom stereocenters. The van der Waals surface area contributed by atoms with Crippen molar-refractivity contribution >= 4 is 23.2 Å². The topological polar surface area (TPSA) is 96.5 Å². The van der Waals surface area contributed by atoms with Crippen molar-refractivity contribution in [2.45, 2.75) is 62.7 Å². The highest BCUT2D eigenvalue weighted by atomic mass is 35.5. The molecule has 1 aromatic carbocycles. The molecule has 1 amide bonds. The third kappa shape index (κ3) is 4.00. The third-order valence-electron chi connectivity index (χ3n) is 7.70. The van der Waals surface area contributed by atoms with Crippen LogP contribution in [0.15, 0.2) is 36.7 Å². The van der Waals surface area contributed by atoms with E-state index in [4.69, 9.17) is 21.8 Å². The van der Waals surface area contributed by atoms with Gasteiger partial charge < -0.3 is 9.88 Å². The van der Waals surface area contributed by atoms with Gasteiger partial charge in [0.05, 0.1) is 17.2 Å². The van der Waals surface area contributed by atoms with Gasteiger partial charge >= 0.3 is 0 Å². The van der Waals surface area contributed by atoms with E-state index in [0.29, 0.717) is 29.6 Å². The van der Waals surface area contributed by atoms with Crippen LogP contribution in [0.5, 0.6) is 0 Å². The quantitative estimate of drug-likeness (QED) is 0.490. The number of pyridine rings is 1. The zero-order valence-corrected chi connectivity index (χ0v) is 21.1. The van der Waals surface area contributed by atoms with Gasteiger partial charge in [-0.15, -0.1) is 21.8 Å². The maximum atomic E-state index is 13.3. The summed E-state index contributed by atoms with van der Waals surface area (Å²) in [7, 11) is 1.94. The Morgan fingerprint density at radius 2 is 2.11 bits per heavy atom. The fourth-order valence-corrected chi connectivity index (χ4v) is 6.05. The lowest BCUT2D eigenvalue weighted by molar-refractivity contribution is 0.102. The van der Waals surface area contributed by atoms with Crippen molar-refractivity contribution in [1.29, 1.82) is 5.26 Å². The Labute approximate surface area is 210 Å². The van der Waals surface area contributed by atoms with Crippen LogP contribution >= 0.6 is 11.6 Å². The van der Waals surface area contributed by atoms with Gasteiger partial charge in [0.2, 0.25) is 0 Å². The van der Waals surface area contributed by atoms with Crippen LogP contribution in [0.4, 0.5) is 5.69 Å². The maximum Gasteiger partial charge on any atom is 0.274 e. The monoisotopic (exact) mass is 488 g/mol. The van der Waals surface area contributed by atoms with E-state index in [2.05, 4.69) is 41.5 Å². The number of aromatic nitrogens is 4. The van der Waals surface area contributed by atoms with Crippen molar-refractivity contribution in [1.82, 2.24) is 19.7 Å². The van der Waals surface area contributed by atoms with Crippen molar-refractivity contribution in [2.75, 3.05) is 5.32 Å². The predicted octanol–water partition coefficient (Wildman–Crippen LogP) is 5.03. The van der Waals surface area contributed by atoms with Crippen LogP contribution in [0.25, 0.3) is 0 Å². The van der Waals surface area contributed by atoms with Crippen molar-refractivity contribution in [3.05, 3.63) is 70.6 Å². The average molecular weight is 489 g/mol. The number of nitriles is 1. The smallest absolute Gasteiger partial charge is 0.274 e. The van der Waals surface area contributed by atoms with Crippen LogP contribution in [-0.2, 0) is 30.2 Å². The zero-order chi connectivity index (χ0) is 24.8. The fourth-order valence-electron chi connectivity index (χ4n) is 5.81. The van der Waals surface area contributed by atoms with E-state index < -0.39 is 0 Å². The van der Waals surface area contributed by atoms with Crippen LogP contribution in [0.3, 0.4) is 0 Å². The van der Waals surface area contributed by atoms with Gasteiger partial charge in [0, 0.05) is 30.5 Å². The molecule has 2 aliphatic carbocycles. The van der Waals surface area contributed by atoms with Crippen molar-refractivity contribution < 1.29 is 4.79 Å². The van der Waals surface area contributed by atoms with Crippen LogP contribution in [-0.4, -0.2) is 25.7 Å². The lowest BCUT2D eigenvalue weighted by Gasteiger charge is -2.46. The first kappa shape index (κ1) is 23.5. The molecule has 2 aliphatic rings. The number of hydrogen-bond donors (Lipinski definition) is 1. The van der Waals surface area contributed by atoms with E-state index in [1.165, 1.54) is 5.56 Å². The number of halogens is 1. The number of nitrogens with one attached hydrogen (secondary N) is 1. The standard InChI is InChI=1S/C27H29ClN6O/c1-26(2)9-7-21-18(15-28)11-22(32-23(21)26)24(35)31-20-6-4-5-19(12-20)27(13-17(14-27)8-10-29)25-33-30-16-34(25)3/h4-6,11-12,16-17H,7-9,13-15H2,1-3H3,(H,31,35). The van der Waals surface area contributed by atoms with Gasteiger partial charge in [-0.05, 0) is 66.5 Å². The minimum atomic E-state index is -0.324. The molecule has 0 unspecified atom stereocenters. The number of carbonyl (C=O) groups excluding carboxylic acids is 1. The summed E-state index contributed by atoms with van der Waals surface area (Å²) in [6, 6.07) is 12.0. The van der Waals surface area contributed by atoms with Crippen molar-refractivity contribution in [2.24, 2.45) is 13.0 Å². The molecule has 2 heterocycles. The first-order valence-corrected chi connectivity index (χ1v) is 12.5. The average Bonchev–Trinajstić information content (AvgIpc) is 3.38. The Bertz CT molecular complexity index is 1330. The van der Waals surface area contributed by atoms with Gasteiger partial charge in [-0.1, -0.05) is 26.0 Å². The molecule has 0 radical (unpaired) electrons. The number of alkyl halides is 1. The third-order valence-corrected chi connectivity index (χ3v) is 7.99. The highest BCUT2D eigenvalue weighted by Gasteiger charge is 2.49.